The summed E-state index contributed by atoms with van der Waals surface area (Å²) in [5.74, 6) is 1.30. The molecule has 0 aromatic heterocycles. The zero-order valence-electron chi connectivity index (χ0n) is 10.2. The van der Waals surface area contributed by atoms with Crippen molar-refractivity contribution in [3.8, 4) is 0 Å². The summed E-state index contributed by atoms with van der Waals surface area (Å²) in [5, 5.41) is 0. The number of Topliss-reactive ketones (excluding diaryl/α,β-unsaturated/α-hetero) is 1. The minimum absolute atomic E-state index is 0.205. The number of carbonyl (C=O) groups is 1. The van der Waals surface area contributed by atoms with E-state index in [1.54, 1.807) is 12.7 Å². The maximum atomic E-state index is 11.8. The van der Waals surface area contributed by atoms with Gasteiger partial charge in [-0.3, -0.25) is 4.79 Å². The summed E-state index contributed by atoms with van der Waals surface area (Å²) in [7, 11) is 1.63. The minimum atomic E-state index is 0.205. The van der Waals surface area contributed by atoms with E-state index < -0.39 is 0 Å². The summed E-state index contributed by atoms with van der Waals surface area (Å²) in [5.41, 5.74) is 4.55. The van der Waals surface area contributed by atoms with Crippen molar-refractivity contribution < 1.29 is 9.53 Å². The highest BCUT2D eigenvalue weighted by molar-refractivity contribution is 5.99. The van der Waals surface area contributed by atoms with Crippen molar-refractivity contribution in [2.45, 2.75) is 39.5 Å². The summed E-state index contributed by atoms with van der Waals surface area (Å²) in [6.45, 7) is 4.58. The van der Waals surface area contributed by atoms with E-state index in [0.29, 0.717) is 18.1 Å². The number of ketones is 1. The lowest BCUT2D eigenvalue weighted by Crippen LogP contribution is -2.13. The Balaban J connectivity index is 2.15. The van der Waals surface area contributed by atoms with Crippen LogP contribution in [0.25, 0.3) is 0 Å². The normalized spacial score (nSPS) is 31.2. The SMILES string of the molecule is COC1=C2C3=C(CCC3(C)C)C[C@@H]2CC1=O. The molecular formula is C14H18O2. The Labute approximate surface area is 96.4 Å². The second-order valence-corrected chi connectivity index (χ2v) is 5.84. The van der Waals surface area contributed by atoms with Crippen LogP contribution in [0.3, 0.4) is 0 Å². The molecule has 0 saturated heterocycles. The first kappa shape index (κ1) is 10.1. The average Bonchev–Trinajstić information content (AvgIpc) is 2.76. The molecule has 0 aromatic rings. The third kappa shape index (κ3) is 1.10. The second-order valence-electron chi connectivity index (χ2n) is 5.84. The molecule has 0 aliphatic heterocycles. The largest absolute Gasteiger partial charge is 0.493 e. The van der Waals surface area contributed by atoms with Crippen molar-refractivity contribution in [2.24, 2.45) is 11.3 Å². The van der Waals surface area contributed by atoms with Gasteiger partial charge in [-0.25, -0.2) is 0 Å². The number of carbonyl (C=O) groups excluding carboxylic acids is 1. The topological polar surface area (TPSA) is 26.3 Å². The molecule has 0 amide bonds. The maximum absolute atomic E-state index is 11.8. The zero-order valence-corrected chi connectivity index (χ0v) is 10.2. The number of rotatable bonds is 1. The Morgan fingerprint density at radius 2 is 2.06 bits per heavy atom. The molecule has 2 heteroatoms. The molecule has 0 aromatic carbocycles. The predicted octanol–water partition coefficient (Wildman–Crippen LogP) is 3.00. The fraction of sp³-hybridized carbons (Fsp3) is 0.643. The summed E-state index contributed by atoms with van der Waals surface area (Å²) in [6, 6.07) is 0. The Morgan fingerprint density at radius 1 is 1.31 bits per heavy atom. The Morgan fingerprint density at radius 3 is 2.75 bits per heavy atom. The van der Waals surface area contributed by atoms with Gasteiger partial charge < -0.3 is 4.74 Å². The third-order valence-electron chi connectivity index (χ3n) is 4.39. The maximum Gasteiger partial charge on any atom is 0.198 e. The van der Waals surface area contributed by atoms with Crippen molar-refractivity contribution in [1.82, 2.24) is 0 Å². The summed E-state index contributed by atoms with van der Waals surface area (Å²) >= 11 is 0. The van der Waals surface area contributed by atoms with Crippen LogP contribution in [0.5, 0.6) is 0 Å². The van der Waals surface area contributed by atoms with Crippen molar-refractivity contribution in [2.75, 3.05) is 7.11 Å². The van der Waals surface area contributed by atoms with E-state index in [4.69, 9.17) is 4.74 Å². The van der Waals surface area contributed by atoms with E-state index in [1.807, 2.05) is 0 Å². The monoisotopic (exact) mass is 218 g/mol. The molecule has 0 unspecified atom stereocenters. The molecule has 0 N–H and O–H groups in total. The van der Waals surface area contributed by atoms with Crippen LogP contribution in [0.15, 0.2) is 22.5 Å². The Hall–Kier alpha value is -1.05. The minimum Gasteiger partial charge on any atom is -0.493 e. The first-order chi connectivity index (χ1) is 7.54. The molecular weight excluding hydrogens is 200 g/mol. The van der Waals surface area contributed by atoms with Gasteiger partial charge in [0.05, 0.1) is 7.11 Å². The van der Waals surface area contributed by atoms with Crippen molar-refractivity contribution >= 4 is 5.78 Å². The molecule has 2 nitrogen and oxygen atoms in total. The van der Waals surface area contributed by atoms with Crippen LogP contribution in [-0.2, 0) is 9.53 Å². The Bertz CT molecular complexity index is 438. The van der Waals surface area contributed by atoms with Gasteiger partial charge in [-0.1, -0.05) is 19.4 Å². The van der Waals surface area contributed by atoms with Crippen LogP contribution in [0, 0.1) is 11.3 Å². The van der Waals surface area contributed by atoms with Gasteiger partial charge >= 0.3 is 0 Å². The molecule has 0 saturated carbocycles. The fourth-order valence-corrected chi connectivity index (χ4v) is 3.72. The van der Waals surface area contributed by atoms with Gasteiger partial charge in [-0.2, -0.15) is 0 Å². The predicted molar refractivity (Wildman–Crippen MR) is 61.8 cm³/mol. The molecule has 0 radical (unpaired) electrons. The molecule has 86 valence electrons. The third-order valence-corrected chi connectivity index (χ3v) is 4.39. The molecule has 3 aliphatic rings. The van der Waals surface area contributed by atoms with E-state index in [1.165, 1.54) is 24.0 Å². The first-order valence-corrected chi connectivity index (χ1v) is 6.09. The van der Waals surface area contributed by atoms with Crippen LogP contribution in [-0.4, -0.2) is 12.9 Å². The van der Waals surface area contributed by atoms with E-state index in [2.05, 4.69) is 13.8 Å². The van der Waals surface area contributed by atoms with Gasteiger partial charge in [0, 0.05) is 12.0 Å². The van der Waals surface area contributed by atoms with Gasteiger partial charge in [0.1, 0.15) is 0 Å². The van der Waals surface area contributed by atoms with Crippen molar-refractivity contribution in [1.29, 1.82) is 0 Å². The highest BCUT2D eigenvalue weighted by atomic mass is 16.5. The lowest BCUT2D eigenvalue weighted by atomic mass is 9.80. The van der Waals surface area contributed by atoms with Crippen LogP contribution < -0.4 is 0 Å². The smallest absolute Gasteiger partial charge is 0.198 e. The van der Waals surface area contributed by atoms with E-state index in [0.717, 1.165) is 6.42 Å². The van der Waals surface area contributed by atoms with E-state index in [9.17, 15) is 4.79 Å². The number of hydrogen-bond donors (Lipinski definition) is 0. The summed E-state index contributed by atoms with van der Waals surface area (Å²) < 4.78 is 5.33. The van der Waals surface area contributed by atoms with Crippen LogP contribution >= 0.6 is 0 Å². The van der Waals surface area contributed by atoms with Crippen LogP contribution in [0.2, 0.25) is 0 Å². The first-order valence-electron chi connectivity index (χ1n) is 6.09. The van der Waals surface area contributed by atoms with Crippen LogP contribution in [0.4, 0.5) is 0 Å². The molecule has 0 bridgehead atoms. The number of allylic oxidation sites excluding steroid dienone is 4. The van der Waals surface area contributed by atoms with Crippen molar-refractivity contribution in [3.63, 3.8) is 0 Å². The zero-order chi connectivity index (χ0) is 11.5. The van der Waals surface area contributed by atoms with Gasteiger partial charge in [0.15, 0.2) is 11.5 Å². The average molecular weight is 218 g/mol. The molecule has 3 rings (SSSR count). The fourth-order valence-electron chi connectivity index (χ4n) is 3.72. The standard InChI is InChI=1S/C14H18O2/c1-14(2)5-4-8-6-9-7-10(15)13(16-3)11(9)12(8)14/h9H,4-7H2,1-3H3/t9-/m1/s1. The number of fused-ring (bicyclic) bond motifs is 2. The van der Waals surface area contributed by atoms with E-state index in [-0.39, 0.29) is 11.2 Å². The molecule has 0 fully saturated rings. The summed E-state index contributed by atoms with van der Waals surface area (Å²) in [6.07, 6.45) is 4.21. The van der Waals surface area contributed by atoms with Crippen LogP contribution in [0.1, 0.15) is 39.5 Å². The van der Waals surface area contributed by atoms with Gasteiger partial charge in [-0.15, -0.1) is 0 Å². The number of methoxy groups -OCH3 is 1. The molecule has 0 spiro atoms. The summed E-state index contributed by atoms with van der Waals surface area (Å²) in [4.78, 5) is 11.8. The van der Waals surface area contributed by atoms with E-state index >= 15 is 0 Å². The number of ether oxygens (including phenoxy) is 1. The Kier molecular flexibility index (Phi) is 1.90. The van der Waals surface area contributed by atoms with Gasteiger partial charge in [0.25, 0.3) is 0 Å². The second kappa shape index (κ2) is 2.99. The van der Waals surface area contributed by atoms with Crippen molar-refractivity contribution in [3.05, 3.63) is 22.5 Å². The molecule has 3 aliphatic carbocycles. The van der Waals surface area contributed by atoms with Gasteiger partial charge in [-0.05, 0) is 36.2 Å². The molecule has 16 heavy (non-hydrogen) atoms. The van der Waals surface area contributed by atoms with Gasteiger partial charge in [0.2, 0.25) is 0 Å². The quantitative estimate of drug-likeness (QED) is 0.676. The lowest BCUT2D eigenvalue weighted by Gasteiger charge is -2.24. The highest BCUT2D eigenvalue weighted by Gasteiger charge is 2.47. The highest BCUT2D eigenvalue weighted by Crippen LogP contribution is 2.58. The molecule has 1 atom stereocenters. The molecule has 0 heterocycles. The number of hydrogen-bond acceptors (Lipinski definition) is 2. The lowest BCUT2D eigenvalue weighted by molar-refractivity contribution is -0.117.